The molecule has 0 spiro atoms. The van der Waals surface area contributed by atoms with Crippen LogP contribution in [0, 0.1) is 0 Å². The number of carboxylic acid groups (broad SMARTS) is 1. The summed E-state index contributed by atoms with van der Waals surface area (Å²) in [7, 11) is 0. The molecule has 0 aromatic heterocycles. The van der Waals surface area contributed by atoms with Gasteiger partial charge in [0.05, 0.1) is 38.1 Å². The van der Waals surface area contributed by atoms with Gasteiger partial charge in [0.25, 0.3) is 0 Å². The smallest absolute Gasteiger partial charge is 0.329 e. The predicted molar refractivity (Wildman–Crippen MR) is 160 cm³/mol. The highest BCUT2D eigenvalue weighted by Crippen LogP contribution is 2.50. The van der Waals surface area contributed by atoms with Gasteiger partial charge < -0.3 is 34.3 Å². The molecule has 42 heavy (non-hydrogen) atoms. The van der Waals surface area contributed by atoms with Gasteiger partial charge in [0.15, 0.2) is 0 Å². The van der Waals surface area contributed by atoms with Gasteiger partial charge in [-0.2, -0.15) is 0 Å². The first-order valence-electron chi connectivity index (χ1n) is 15.3. The fourth-order valence-electron chi connectivity index (χ4n) is 5.66. The first-order valence-corrected chi connectivity index (χ1v) is 15.3. The molecule has 2 fully saturated rings. The number of nitrogens with one attached hydrogen (secondary N) is 1. The van der Waals surface area contributed by atoms with E-state index in [-0.39, 0.29) is 38.2 Å². The van der Waals surface area contributed by atoms with Crippen LogP contribution in [0.1, 0.15) is 95.1 Å². The van der Waals surface area contributed by atoms with Crippen LogP contribution in [0.3, 0.4) is 0 Å². The summed E-state index contributed by atoms with van der Waals surface area (Å²) in [5.74, 6) is 0.918. The van der Waals surface area contributed by atoms with Crippen LogP contribution in [-0.2, 0) is 14.3 Å². The highest BCUT2D eigenvalue weighted by atomic mass is 16.5. The van der Waals surface area contributed by atoms with Crippen molar-refractivity contribution in [1.29, 1.82) is 0 Å². The lowest BCUT2D eigenvalue weighted by Crippen LogP contribution is -2.66. The molecule has 2 saturated carbocycles. The highest BCUT2D eigenvalue weighted by Gasteiger charge is 2.53. The number of amides is 2. The number of ether oxygens (including phenoxy) is 4. The van der Waals surface area contributed by atoms with E-state index in [9.17, 15) is 14.7 Å². The van der Waals surface area contributed by atoms with Crippen LogP contribution in [0.25, 0.3) is 0 Å². The van der Waals surface area contributed by atoms with Crippen molar-refractivity contribution in [3.63, 3.8) is 0 Å². The first kappa shape index (κ1) is 31.6. The number of carboxylic acids is 1. The Morgan fingerprint density at radius 3 is 2.12 bits per heavy atom. The molecule has 2 aliphatic rings. The quantitative estimate of drug-likeness (QED) is 0.242. The SMILES string of the molecule is CCOc1cc([C@@H](C)N(CCO[C@@H](C)c2ccccc2)C(=O)NC2(C(=O)O)CC(OCC)C2)cc(OCC)c1C1CC1. The number of benzene rings is 2. The van der Waals surface area contributed by atoms with Crippen molar-refractivity contribution in [3.05, 3.63) is 59.2 Å². The van der Waals surface area contributed by atoms with E-state index in [0.29, 0.717) is 25.7 Å². The molecule has 2 atom stereocenters. The van der Waals surface area contributed by atoms with Crippen molar-refractivity contribution < 1.29 is 33.6 Å². The Kier molecular flexibility index (Phi) is 10.7. The Morgan fingerprint density at radius 1 is 0.976 bits per heavy atom. The number of carbonyl (C=O) groups excluding carboxylic acids is 1. The van der Waals surface area contributed by atoms with Crippen LogP contribution < -0.4 is 14.8 Å². The minimum Gasteiger partial charge on any atom is -0.493 e. The van der Waals surface area contributed by atoms with Crippen LogP contribution in [0.4, 0.5) is 4.79 Å². The monoisotopic (exact) mass is 582 g/mol. The Hall–Kier alpha value is -3.30. The number of aliphatic carboxylic acids is 1. The topological polar surface area (TPSA) is 107 Å². The van der Waals surface area contributed by atoms with Crippen LogP contribution in [0.5, 0.6) is 11.5 Å². The number of nitrogens with zero attached hydrogens (tertiary/aromatic N) is 1. The van der Waals surface area contributed by atoms with Crippen molar-refractivity contribution >= 4 is 12.0 Å². The Labute approximate surface area is 249 Å². The third-order valence-electron chi connectivity index (χ3n) is 8.20. The second-order valence-corrected chi connectivity index (χ2v) is 11.2. The maximum absolute atomic E-state index is 13.9. The van der Waals surface area contributed by atoms with Crippen LogP contribution in [-0.4, -0.2) is 66.6 Å². The van der Waals surface area contributed by atoms with E-state index in [4.69, 9.17) is 18.9 Å². The summed E-state index contributed by atoms with van der Waals surface area (Å²) in [5.41, 5.74) is 1.62. The highest BCUT2D eigenvalue weighted by molar-refractivity contribution is 5.87. The molecule has 9 nitrogen and oxygen atoms in total. The molecule has 0 unspecified atom stereocenters. The zero-order valence-electron chi connectivity index (χ0n) is 25.6. The number of urea groups is 1. The van der Waals surface area contributed by atoms with E-state index < -0.39 is 23.6 Å². The molecule has 0 radical (unpaired) electrons. The average molecular weight is 583 g/mol. The van der Waals surface area contributed by atoms with E-state index in [0.717, 1.165) is 41.0 Å². The second kappa shape index (κ2) is 14.2. The number of hydrogen-bond donors (Lipinski definition) is 2. The third-order valence-corrected chi connectivity index (χ3v) is 8.20. The number of carbonyl (C=O) groups is 2. The summed E-state index contributed by atoms with van der Waals surface area (Å²) < 4.78 is 23.9. The summed E-state index contributed by atoms with van der Waals surface area (Å²) in [6.45, 7) is 11.8. The van der Waals surface area contributed by atoms with Gasteiger partial charge in [-0.3, -0.25) is 0 Å². The lowest BCUT2D eigenvalue weighted by molar-refractivity contribution is -0.156. The first-order chi connectivity index (χ1) is 20.2. The Morgan fingerprint density at radius 2 is 1.60 bits per heavy atom. The Bertz CT molecular complexity index is 1170. The van der Waals surface area contributed by atoms with Crippen LogP contribution in [0.2, 0.25) is 0 Å². The molecule has 2 N–H and O–H groups in total. The largest absolute Gasteiger partial charge is 0.493 e. The molecule has 4 rings (SSSR count). The van der Waals surface area contributed by atoms with Gasteiger partial charge in [-0.15, -0.1) is 0 Å². The molecule has 9 heteroatoms. The maximum Gasteiger partial charge on any atom is 0.329 e. The summed E-state index contributed by atoms with van der Waals surface area (Å²) in [4.78, 5) is 27.8. The summed E-state index contributed by atoms with van der Waals surface area (Å²) in [6, 6.07) is 13.0. The molecule has 2 amide bonds. The zero-order chi connectivity index (χ0) is 30.3. The minimum atomic E-state index is -1.37. The molecule has 2 aliphatic carbocycles. The van der Waals surface area contributed by atoms with Crippen LogP contribution in [0.15, 0.2) is 42.5 Å². The van der Waals surface area contributed by atoms with Gasteiger partial charge in [0, 0.05) is 31.6 Å². The van der Waals surface area contributed by atoms with Gasteiger partial charge in [0.2, 0.25) is 0 Å². The molecule has 230 valence electrons. The molecule has 2 aromatic rings. The lowest BCUT2D eigenvalue weighted by Gasteiger charge is -2.45. The number of rotatable bonds is 16. The maximum atomic E-state index is 13.9. The molecule has 0 saturated heterocycles. The fourth-order valence-corrected chi connectivity index (χ4v) is 5.66. The molecule has 0 heterocycles. The molecule has 2 aromatic carbocycles. The standard InChI is InChI=1S/C33H46N2O7/c1-6-39-27-20-33(21-27,31(36)37)34-32(38)35(16-17-42-23(5)24-12-10-9-11-13-24)22(4)26-18-28(40-7-2)30(25-14-15-25)29(19-26)41-8-3/h9-13,18-19,22-23,25,27H,6-8,14-17,20-21H2,1-5H3,(H,34,38)(H,36,37)/t22-,23+,27?,33?/m1/s1. The predicted octanol–water partition coefficient (Wildman–Crippen LogP) is 6.23. The molecule has 0 bridgehead atoms. The third kappa shape index (κ3) is 7.36. The van der Waals surface area contributed by atoms with Crippen molar-refractivity contribution in [1.82, 2.24) is 10.2 Å². The molecular weight excluding hydrogens is 536 g/mol. The molecular formula is C33H46N2O7. The zero-order valence-corrected chi connectivity index (χ0v) is 25.6. The average Bonchev–Trinajstić information content (AvgIpc) is 3.79. The Balaban J connectivity index is 1.59. The van der Waals surface area contributed by atoms with Crippen molar-refractivity contribution in [2.24, 2.45) is 0 Å². The van der Waals surface area contributed by atoms with E-state index >= 15 is 0 Å². The van der Waals surface area contributed by atoms with Gasteiger partial charge in [0.1, 0.15) is 17.0 Å². The molecule has 0 aliphatic heterocycles. The van der Waals surface area contributed by atoms with E-state index in [1.54, 1.807) is 4.90 Å². The van der Waals surface area contributed by atoms with Gasteiger partial charge >= 0.3 is 12.0 Å². The summed E-state index contributed by atoms with van der Waals surface area (Å²) >= 11 is 0. The van der Waals surface area contributed by atoms with Gasteiger partial charge in [-0.1, -0.05) is 30.3 Å². The van der Waals surface area contributed by atoms with E-state index in [2.05, 4.69) is 5.32 Å². The summed E-state index contributed by atoms with van der Waals surface area (Å²) in [5, 5.41) is 12.9. The van der Waals surface area contributed by atoms with Gasteiger partial charge in [-0.25, -0.2) is 9.59 Å². The fraction of sp³-hybridized carbons (Fsp3) is 0.576. The van der Waals surface area contributed by atoms with Gasteiger partial charge in [-0.05, 0) is 76.6 Å². The minimum absolute atomic E-state index is 0.165. The van der Waals surface area contributed by atoms with Crippen molar-refractivity contribution in [3.8, 4) is 11.5 Å². The van der Waals surface area contributed by atoms with Crippen molar-refractivity contribution in [2.75, 3.05) is 33.0 Å². The summed E-state index contributed by atoms with van der Waals surface area (Å²) in [6.07, 6.45) is 2.29. The van der Waals surface area contributed by atoms with Crippen LogP contribution >= 0.6 is 0 Å². The van der Waals surface area contributed by atoms with E-state index in [1.165, 1.54) is 0 Å². The normalized spacial score (nSPS) is 21.1. The second-order valence-electron chi connectivity index (χ2n) is 11.2. The lowest BCUT2D eigenvalue weighted by atomic mass is 9.74. The van der Waals surface area contributed by atoms with E-state index in [1.807, 2.05) is 77.1 Å². The van der Waals surface area contributed by atoms with Crippen molar-refractivity contribution in [2.45, 2.75) is 90.0 Å². The number of hydrogen-bond acceptors (Lipinski definition) is 6.